The molecule has 5 nitrogen and oxygen atoms in total. The van der Waals surface area contributed by atoms with Gasteiger partial charge in [0, 0.05) is 31.5 Å². The Kier molecular flexibility index (Phi) is 4.40. The van der Waals surface area contributed by atoms with Crippen LogP contribution < -0.4 is 4.72 Å². The monoisotopic (exact) mass is 363 g/mol. The van der Waals surface area contributed by atoms with Crippen molar-refractivity contribution in [2.24, 2.45) is 0 Å². The van der Waals surface area contributed by atoms with Crippen molar-refractivity contribution in [2.45, 2.75) is 48.7 Å². The Bertz CT molecular complexity index is 837. The van der Waals surface area contributed by atoms with Gasteiger partial charge in [0.15, 0.2) is 5.16 Å². The summed E-state index contributed by atoms with van der Waals surface area (Å²) in [5.41, 5.74) is 3.43. The molecule has 4 rings (SSSR count). The van der Waals surface area contributed by atoms with Gasteiger partial charge in [0.05, 0.1) is 10.6 Å². The highest BCUT2D eigenvalue weighted by Crippen LogP contribution is 2.25. The summed E-state index contributed by atoms with van der Waals surface area (Å²) in [6.45, 7) is 1.37. The molecule has 0 amide bonds. The number of nitrogens with one attached hydrogen (secondary N) is 1. The van der Waals surface area contributed by atoms with Crippen molar-refractivity contribution in [3.05, 3.63) is 41.2 Å². The van der Waals surface area contributed by atoms with Crippen LogP contribution in [0.3, 0.4) is 0 Å². The molecule has 2 heterocycles. The predicted octanol–water partition coefficient (Wildman–Crippen LogP) is 2.39. The third-order valence-electron chi connectivity index (χ3n) is 4.66. The molecule has 1 aliphatic carbocycles. The van der Waals surface area contributed by atoms with E-state index in [4.69, 9.17) is 0 Å². The highest BCUT2D eigenvalue weighted by molar-refractivity contribution is 7.99. The van der Waals surface area contributed by atoms with Gasteiger partial charge in [0.1, 0.15) is 0 Å². The highest BCUT2D eigenvalue weighted by atomic mass is 32.2. The molecule has 1 aromatic carbocycles. The van der Waals surface area contributed by atoms with Crippen molar-refractivity contribution < 1.29 is 8.42 Å². The molecule has 0 spiro atoms. The molecule has 2 aliphatic rings. The van der Waals surface area contributed by atoms with Gasteiger partial charge >= 0.3 is 0 Å². The van der Waals surface area contributed by atoms with Crippen LogP contribution in [0.15, 0.2) is 34.4 Å². The van der Waals surface area contributed by atoms with Gasteiger partial charge in [-0.1, -0.05) is 17.8 Å². The van der Waals surface area contributed by atoms with Crippen LogP contribution in [0, 0.1) is 0 Å². The molecule has 1 N–H and O–H groups in total. The largest absolute Gasteiger partial charge is 0.325 e. The fourth-order valence-electron chi connectivity index (χ4n) is 3.36. The van der Waals surface area contributed by atoms with E-state index in [1.54, 1.807) is 17.8 Å². The van der Waals surface area contributed by atoms with Gasteiger partial charge in [-0.15, -0.1) is 0 Å². The zero-order valence-corrected chi connectivity index (χ0v) is 15.1. The number of sulfonamides is 1. The Balaban J connectivity index is 1.41. The Morgan fingerprint density at radius 2 is 2.04 bits per heavy atom. The summed E-state index contributed by atoms with van der Waals surface area (Å²) < 4.78 is 29.9. The van der Waals surface area contributed by atoms with Gasteiger partial charge < -0.3 is 4.57 Å². The summed E-state index contributed by atoms with van der Waals surface area (Å²) in [6, 6.07) is 5.55. The van der Waals surface area contributed by atoms with Crippen LogP contribution in [0.25, 0.3) is 0 Å². The fraction of sp³-hybridized carbons (Fsp3) is 0.471. The number of thioether (sulfide) groups is 1. The van der Waals surface area contributed by atoms with Crippen LogP contribution in [0.1, 0.15) is 29.7 Å². The van der Waals surface area contributed by atoms with Gasteiger partial charge in [0.2, 0.25) is 10.0 Å². The van der Waals surface area contributed by atoms with Crippen LogP contribution in [0.4, 0.5) is 0 Å². The van der Waals surface area contributed by atoms with Crippen molar-refractivity contribution in [3.63, 3.8) is 0 Å². The van der Waals surface area contributed by atoms with Crippen LogP contribution in [0.2, 0.25) is 0 Å². The van der Waals surface area contributed by atoms with Crippen molar-refractivity contribution in [1.29, 1.82) is 0 Å². The molecule has 1 aliphatic heterocycles. The van der Waals surface area contributed by atoms with E-state index < -0.39 is 10.0 Å². The normalized spacial score (nSPS) is 16.8. The van der Waals surface area contributed by atoms with Gasteiger partial charge in [-0.05, 0) is 48.9 Å². The van der Waals surface area contributed by atoms with Crippen LogP contribution >= 0.6 is 11.8 Å². The minimum Gasteiger partial charge on any atom is -0.325 e. The number of aryl methyl sites for hydroxylation is 3. The van der Waals surface area contributed by atoms with E-state index >= 15 is 0 Å². The van der Waals surface area contributed by atoms with E-state index in [-0.39, 0.29) is 0 Å². The maximum absolute atomic E-state index is 12.5. The molecule has 24 heavy (non-hydrogen) atoms. The van der Waals surface area contributed by atoms with Crippen LogP contribution in [-0.4, -0.2) is 30.3 Å². The summed E-state index contributed by atoms with van der Waals surface area (Å²) in [7, 11) is -3.45. The fourth-order valence-corrected chi connectivity index (χ4v) is 5.40. The first-order valence-electron chi connectivity index (χ1n) is 8.42. The quantitative estimate of drug-likeness (QED) is 0.886. The standard InChI is InChI=1S/C17H21N3O2S2/c21-24(22,16-6-5-13-3-1-2-4-14(13)11-16)18-8-7-15-12-20-9-10-23-17(20)19-15/h5-6,11-12,18H,1-4,7-10H2. The third-order valence-corrected chi connectivity index (χ3v) is 7.09. The average Bonchev–Trinajstić information content (AvgIpc) is 3.16. The Hall–Kier alpha value is -1.31. The van der Waals surface area contributed by atoms with Crippen molar-refractivity contribution >= 4 is 21.8 Å². The molecule has 7 heteroatoms. The summed E-state index contributed by atoms with van der Waals surface area (Å²) in [4.78, 5) is 4.91. The number of benzene rings is 1. The highest BCUT2D eigenvalue weighted by Gasteiger charge is 2.18. The van der Waals surface area contributed by atoms with Gasteiger partial charge in [-0.25, -0.2) is 18.1 Å². The lowest BCUT2D eigenvalue weighted by atomic mass is 9.92. The Morgan fingerprint density at radius 1 is 1.21 bits per heavy atom. The van der Waals surface area contributed by atoms with Gasteiger partial charge in [0.25, 0.3) is 0 Å². The topological polar surface area (TPSA) is 64.0 Å². The molecule has 0 saturated carbocycles. The van der Waals surface area contributed by atoms with Gasteiger partial charge in [-0.2, -0.15) is 0 Å². The summed E-state index contributed by atoms with van der Waals surface area (Å²) in [5.74, 6) is 1.08. The number of imidazole rings is 1. The number of hydrogen-bond donors (Lipinski definition) is 1. The number of nitrogens with zero attached hydrogens (tertiary/aromatic N) is 2. The second-order valence-electron chi connectivity index (χ2n) is 6.34. The second kappa shape index (κ2) is 6.54. The molecule has 2 aromatic rings. The number of fused-ring (bicyclic) bond motifs is 2. The maximum atomic E-state index is 12.5. The Labute approximate surface area is 146 Å². The van der Waals surface area contributed by atoms with Crippen LogP contribution in [0.5, 0.6) is 0 Å². The smallest absolute Gasteiger partial charge is 0.240 e. The lowest BCUT2D eigenvalue weighted by molar-refractivity contribution is 0.580. The minimum atomic E-state index is -3.45. The zero-order valence-electron chi connectivity index (χ0n) is 13.5. The Morgan fingerprint density at radius 3 is 2.88 bits per heavy atom. The number of hydrogen-bond acceptors (Lipinski definition) is 4. The molecule has 0 unspecified atom stereocenters. The van der Waals surface area contributed by atoms with E-state index in [0.717, 1.165) is 42.4 Å². The molecule has 0 radical (unpaired) electrons. The summed E-state index contributed by atoms with van der Waals surface area (Å²) in [6.07, 6.45) is 7.03. The molecule has 1 aromatic heterocycles. The van der Waals surface area contributed by atoms with Crippen molar-refractivity contribution in [2.75, 3.05) is 12.3 Å². The van der Waals surface area contributed by atoms with E-state index in [0.29, 0.717) is 17.9 Å². The van der Waals surface area contributed by atoms with E-state index in [1.807, 2.05) is 18.3 Å². The molecular weight excluding hydrogens is 342 g/mol. The maximum Gasteiger partial charge on any atom is 0.240 e. The molecule has 0 bridgehead atoms. The van der Waals surface area contributed by atoms with Gasteiger partial charge in [-0.3, -0.25) is 0 Å². The predicted molar refractivity (Wildman–Crippen MR) is 94.9 cm³/mol. The molecule has 128 valence electrons. The first-order valence-corrected chi connectivity index (χ1v) is 10.9. The number of rotatable bonds is 5. The number of aromatic nitrogens is 2. The minimum absolute atomic E-state index is 0.376. The summed E-state index contributed by atoms with van der Waals surface area (Å²) >= 11 is 1.75. The van der Waals surface area contributed by atoms with E-state index in [9.17, 15) is 8.42 Å². The van der Waals surface area contributed by atoms with E-state index in [1.165, 1.54) is 17.5 Å². The molecule has 0 fully saturated rings. The van der Waals surface area contributed by atoms with Crippen molar-refractivity contribution in [1.82, 2.24) is 14.3 Å². The van der Waals surface area contributed by atoms with E-state index in [2.05, 4.69) is 14.3 Å². The molecule has 0 atom stereocenters. The zero-order chi connectivity index (χ0) is 16.6. The SMILES string of the molecule is O=S(=O)(NCCc1cn2c(n1)SCC2)c1ccc2c(c1)CCCC2. The second-order valence-corrected chi connectivity index (χ2v) is 9.17. The lowest BCUT2D eigenvalue weighted by Crippen LogP contribution is -2.26. The third kappa shape index (κ3) is 3.25. The summed E-state index contributed by atoms with van der Waals surface area (Å²) in [5, 5.41) is 1.04. The lowest BCUT2D eigenvalue weighted by Gasteiger charge is -2.16. The molecule has 0 saturated heterocycles. The van der Waals surface area contributed by atoms with Crippen LogP contribution in [-0.2, 0) is 35.8 Å². The van der Waals surface area contributed by atoms with Crippen molar-refractivity contribution in [3.8, 4) is 0 Å². The first-order chi connectivity index (χ1) is 11.6. The first kappa shape index (κ1) is 16.2. The average molecular weight is 364 g/mol. The molecular formula is C17H21N3O2S2.